The second-order valence-electron chi connectivity index (χ2n) is 8.51. The molecule has 192 valence electrons. The first-order valence-corrected chi connectivity index (χ1v) is 14.5. The predicted octanol–water partition coefficient (Wildman–Crippen LogP) is 5.13. The number of fused-ring (bicyclic) bond motifs is 1. The van der Waals surface area contributed by atoms with Crippen LogP contribution >= 0.6 is 22.9 Å². The third-order valence-electron chi connectivity index (χ3n) is 6.12. The zero-order valence-electron chi connectivity index (χ0n) is 20.1. The molecule has 4 aromatic rings. The first-order valence-electron chi connectivity index (χ1n) is 11.9. The topological polar surface area (TPSA) is 92.7 Å². The lowest BCUT2D eigenvalue weighted by atomic mass is 10.2. The number of amides is 1. The summed E-state index contributed by atoms with van der Waals surface area (Å²) in [6.45, 7) is 2.81. The molecule has 0 spiro atoms. The molecule has 1 saturated heterocycles. The van der Waals surface area contributed by atoms with Crippen LogP contribution in [0.4, 0.5) is 5.13 Å². The fourth-order valence-corrected chi connectivity index (χ4v) is 7.15. The molecular weight excluding hydrogens is 532 g/mol. The lowest BCUT2D eigenvalue weighted by Crippen LogP contribution is -2.47. The average molecular weight is 557 g/mol. The number of rotatable bonds is 8. The minimum atomic E-state index is -3.90. The molecule has 1 atom stereocenters. The molecule has 8 nitrogen and oxygen atoms in total. The van der Waals surface area contributed by atoms with E-state index in [9.17, 15) is 13.2 Å². The second kappa shape index (κ2) is 10.7. The maximum absolute atomic E-state index is 14.1. The molecule has 0 bridgehead atoms. The maximum Gasteiger partial charge on any atom is 0.247 e. The zero-order valence-corrected chi connectivity index (χ0v) is 22.5. The Morgan fingerprint density at radius 2 is 1.97 bits per heavy atom. The number of hydrogen-bond donors (Lipinski definition) is 0. The summed E-state index contributed by atoms with van der Waals surface area (Å²) < 4.78 is 34.9. The fraction of sp³-hybridized carbons (Fsp3) is 0.269. The zero-order chi connectivity index (χ0) is 26.0. The van der Waals surface area contributed by atoms with Crippen molar-refractivity contribution in [2.45, 2.75) is 37.2 Å². The van der Waals surface area contributed by atoms with Crippen LogP contribution in [0.1, 0.15) is 25.5 Å². The van der Waals surface area contributed by atoms with E-state index in [-0.39, 0.29) is 23.9 Å². The van der Waals surface area contributed by atoms with Crippen molar-refractivity contribution in [2.75, 3.05) is 18.1 Å². The van der Waals surface area contributed by atoms with Gasteiger partial charge in [0.25, 0.3) is 0 Å². The number of benzene rings is 2. The predicted molar refractivity (Wildman–Crippen MR) is 145 cm³/mol. The number of carbonyl (C=O) groups is 1. The number of pyridine rings is 1. The van der Waals surface area contributed by atoms with Crippen LogP contribution in [0.3, 0.4) is 0 Å². The molecule has 0 N–H and O–H groups in total. The van der Waals surface area contributed by atoms with E-state index in [1.807, 2.05) is 37.3 Å². The molecule has 2 aromatic heterocycles. The highest BCUT2D eigenvalue weighted by Gasteiger charge is 2.42. The van der Waals surface area contributed by atoms with E-state index in [4.69, 9.17) is 21.3 Å². The molecule has 5 rings (SSSR count). The van der Waals surface area contributed by atoms with Crippen LogP contribution in [0.5, 0.6) is 5.75 Å². The quantitative estimate of drug-likeness (QED) is 0.299. The summed E-state index contributed by atoms with van der Waals surface area (Å²) in [6, 6.07) is 16.3. The molecule has 11 heteroatoms. The summed E-state index contributed by atoms with van der Waals surface area (Å²) in [6.07, 6.45) is 2.66. The van der Waals surface area contributed by atoms with Crippen molar-refractivity contribution < 1.29 is 17.9 Å². The second-order valence-corrected chi connectivity index (χ2v) is 11.8. The SMILES string of the molecule is CCOc1cccc2sc(N(Cc3ccccn3)C(=O)C3CCCN3S(=O)(=O)c3ccc(Cl)cc3)nc12. The number of thiazole rings is 1. The molecule has 0 aliphatic carbocycles. The Kier molecular flexibility index (Phi) is 7.43. The van der Waals surface area contributed by atoms with Crippen LogP contribution < -0.4 is 9.64 Å². The van der Waals surface area contributed by atoms with Crippen LogP contribution in [0.15, 0.2) is 71.8 Å². The van der Waals surface area contributed by atoms with E-state index < -0.39 is 16.1 Å². The van der Waals surface area contributed by atoms with E-state index >= 15 is 0 Å². The number of anilines is 1. The number of sulfonamides is 1. The number of ether oxygens (including phenoxy) is 1. The Bertz CT molecular complexity index is 1510. The van der Waals surface area contributed by atoms with Crippen LogP contribution in [-0.4, -0.2) is 47.8 Å². The first-order chi connectivity index (χ1) is 17.9. The number of hydrogen-bond acceptors (Lipinski definition) is 7. The Morgan fingerprint density at radius 1 is 1.16 bits per heavy atom. The van der Waals surface area contributed by atoms with Gasteiger partial charge in [0.05, 0.1) is 28.4 Å². The summed E-state index contributed by atoms with van der Waals surface area (Å²) >= 11 is 7.32. The summed E-state index contributed by atoms with van der Waals surface area (Å²) in [4.78, 5) is 24.9. The summed E-state index contributed by atoms with van der Waals surface area (Å²) in [5.41, 5.74) is 1.34. The molecule has 1 fully saturated rings. The minimum Gasteiger partial charge on any atom is -0.492 e. The molecule has 3 heterocycles. The number of nitrogens with zero attached hydrogens (tertiary/aromatic N) is 4. The van der Waals surface area contributed by atoms with Crippen molar-refractivity contribution in [3.63, 3.8) is 0 Å². The van der Waals surface area contributed by atoms with E-state index in [2.05, 4.69) is 4.98 Å². The first kappa shape index (κ1) is 25.6. The molecule has 0 radical (unpaired) electrons. The van der Waals surface area contributed by atoms with E-state index in [1.165, 1.54) is 39.9 Å². The molecule has 1 unspecified atom stereocenters. The van der Waals surface area contributed by atoms with Gasteiger partial charge in [-0.2, -0.15) is 4.31 Å². The van der Waals surface area contributed by atoms with Crippen molar-refractivity contribution in [2.24, 2.45) is 0 Å². The van der Waals surface area contributed by atoms with Gasteiger partial charge in [0.15, 0.2) is 5.13 Å². The van der Waals surface area contributed by atoms with Gasteiger partial charge in [-0.25, -0.2) is 13.4 Å². The third-order valence-corrected chi connectivity index (χ3v) is 9.34. The Hall–Kier alpha value is -3.05. The van der Waals surface area contributed by atoms with E-state index in [1.54, 1.807) is 17.2 Å². The minimum absolute atomic E-state index is 0.106. The number of aromatic nitrogens is 2. The largest absolute Gasteiger partial charge is 0.492 e. The standard InChI is InChI=1S/C26H25ClN4O4S2/c1-2-35-22-9-5-10-23-24(22)29-26(36-23)30(17-19-7-3-4-15-28-19)25(32)21-8-6-16-31(21)37(33,34)20-13-11-18(27)12-14-20/h3-5,7,9-15,21H,2,6,8,16-17H2,1H3. The van der Waals surface area contributed by atoms with Crippen LogP contribution in [0, 0.1) is 0 Å². The number of carbonyl (C=O) groups excluding carboxylic acids is 1. The fourth-order valence-electron chi connectivity index (χ4n) is 4.39. The van der Waals surface area contributed by atoms with Gasteiger partial charge in [-0.05, 0) is 68.3 Å². The van der Waals surface area contributed by atoms with E-state index in [0.717, 1.165) is 4.70 Å². The Labute approximate surface area is 224 Å². The van der Waals surface area contributed by atoms with Gasteiger partial charge in [-0.15, -0.1) is 0 Å². The number of halogens is 1. The molecule has 2 aromatic carbocycles. The Morgan fingerprint density at radius 3 is 2.70 bits per heavy atom. The van der Waals surface area contributed by atoms with Crippen molar-refractivity contribution in [3.05, 3.63) is 77.6 Å². The van der Waals surface area contributed by atoms with Gasteiger partial charge < -0.3 is 4.74 Å². The molecule has 37 heavy (non-hydrogen) atoms. The van der Waals surface area contributed by atoms with Gasteiger partial charge in [-0.1, -0.05) is 35.1 Å². The summed E-state index contributed by atoms with van der Waals surface area (Å²) in [5, 5.41) is 0.908. The van der Waals surface area contributed by atoms with Gasteiger partial charge in [0.2, 0.25) is 15.9 Å². The van der Waals surface area contributed by atoms with Gasteiger partial charge >= 0.3 is 0 Å². The smallest absolute Gasteiger partial charge is 0.247 e. The van der Waals surface area contributed by atoms with E-state index in [0.29, 0.717) is 46.6 Å². The summed E-state index contributed by atoms with van der Waals surface area (Å²) in [7, 11) is -3.90. The lowest BCUT2D eigenvalue weighted by Gasteiger charge is -2.28. The van der Waals surface area contributed by atoms with Crippen molar-refractivity contribution in [1.82, 2.24) is 14.3 Å². The average Bonchev–Trinajstić information content (AvgIpc) is 3.57. The van der Waals surface area contributed by atoms with Gasteiger partial charge in [0.1, 0.15) is 17.3 Å². The molecule has 1 aliphatic rings. The summed E-state index contributed by atoms with van der Waals surface area (Å²) in [5.74, 6) is 0.304. The van der Waals surface area contributed by atoms with Crippen molar-refractivity contribution in [1.29, 1.82) is 0 Å². The molecule has 1 amide bonds. The molecule has 1 aliphatic heterocycles. The molecular formula is C26H25ClN4O4S2. The maximum atomic E-state index is 14.1. The van der Waals surface area contributed by atoms with Crippen molar-refractivity contribution in [3.8, 4) is 5.75 Å². The lowest BCUT2D eigenvalue weighted by molar-refractivity contribution is -0.121. The third kappa shape index (κ3) is 5.19. The van der Waals surface area contributed by atoms with Gasteiger partial charge in [-0.3, -0.25) is 14.7 Å². The molecule has 0 saturated carbocycles. The highest BCUT2D eigenvalue weighted by molar-refractivity contribution is 7.89. The number of para-hydroxylation sites is 1. The van der Waals surface area contributed by atoms with Crippen LogP contribution in [0.25, 0.3) is 10.2 Å². The highest BCUT2D eigenvalue weighted by atomic mass is 35.5. The Balaban J connectivity index is 1.53. The highest BCUT2D eigenvalue weighted by Crippen LogP contribution is 2.36. The normalized spacial score (nSPS) is 16.2. The monoisotopic (exact) mass is 556 g/mol. The van der Waals surface area contributed by atoms with Crippen LogP contribution in [0.2, 0.25) is 5.02 Å². The van der Waals surface area contributed by atoms with Gasteiger partial charge in [0, 0.05) is 17.8 Å². The van der Waals surface area contributed by atoms with Crippen LogP contribution in [-0.2, 0) is 21.4 Å². The van der Waals surface area contributed by atoms with Crippen molar-refractivity contribution >= 4 is 54.2 Å².